The molecule has 0 aromatic rings. The molecule has 2 radical (unpaired) electrons. The lowest BCUT2D eigenvalue weighted by atomic mass is 9.93. The molecule has 0 spiro atoms. The van der Waals surface area contributed by atoms with E-state index in [4.69, 9.17) is 12.6 Å². The van der Waals surface area contributed by atoms with Crippen molar-refractivity contribution < 1.29 is 4.74 Å². The predicted molar refractivity (Wildman–Crippen MR) is 20.1 cm³/mol. The molecule has 1 aliphatic rings. The van der Waals surface area contributed by atoms with E-state index in [0.29, 0.717) is 0 Å². The van der Waals surface area contributed by atoms with Crippen molar-refractivity contribution in [2.75, 3.05) is 6.61 Å². The van der Waals surface area contributed by atoms with Crippen LogP contribution in [0, 0.1) is 0 Å². The molecule has 0 aliphatic carbocycles. The molecular weight excluding hydrogens is 62.8 g/mol. The van der Waals surface area contributed by atoms with Crippen LogP contribution in [0.3, 0.4) is 0 Å². The van der Waals surface area contributed by atoms with Crippen LogP contribution in [0.1, 0.15) is 6.42 Å². The van der Waals surface area contributed by atoms with Gasteiger partial charge in [-0.1, -0.05) is 0 Å². The maximum absolute atomic E-state index is 5.16. The molecule has 1 heterocycles. The highest BCUT2D eigenvalue weighted by Gasteiger charge is 2.08. The summed E-state index contributed by atoms with van der Waals surface area (Å²) in [6, 6.07) is 0.0648. The lowest BCUT2D eigenvalue weighted by Gasteiger charge is -2.21. The van der Waals surface area contributed by atoms with Gasteiger partial charge in [0.1, 0.15) is 7.85 Å². The number of hydrogen-bond donors (Lipinski definition) is 0. The van der Waals surface area contributed by atoms with Gasteiger partial charge in [-0.15, -0.1) is 0 Å². The molecule has 0 aromatic carbocycles. The molecule has 0 amide bonds. The fourth-order valence-electron chi connectivity index (χ4n) is 0.254. The molecule has 5 heavy (non-hydrogen) atoms. The van der Waals surface area contributed by atoms with Crippen LogP contribution < -0.4 is 0 Å². The standard InChI is InChI=1S/C3H5BO/c4-3-1-2-5-3/h3H,1-2H2. The van der Waals surface area contributed by atoms with E-state index in [-0.39, 0.29) is 6.00 Å². The van der Waals surface area contributed by atoms with E-state index < -0.39 is 0 Å². The van der Waals surface area contributed by atoms with E-state index in [1.54, 1.807) is 0 Å². The van der Waals surface area contributed by atoms with E-state index in [1.165, 1.54) is 0 Å². The predicted octanol–water partition coefficient (Wildman–Crippen LogP) is -0.0987. The molecule has 1 saturated heterocycles. The van der Waals surface area contributed by atoms with Crippen molar-refractivity contribution in [2.45, 2.75) is 12.4 Å². The van der Waals surface area contributed by atoms with Crippen molar-refractivity contribution in [1.82, 2.24) is 0 Å². The summed E-state index contributed by atoms with van der Waals surface area (Å²) in [5, 5.41) is 0. The highest BCUT2D eigenvalue weighted by molar-refractivity contribution is 6.11. The second-order valence-electron chi connectivity index (χ2n) is 1.20. The molecule has 2 heteroatoms. The SMILES string of the molecule is [B]C1CCO1. The van der Waals surface area contributed by atoms with E-state index in [2.05, 4.69) is 0 Å². The third-order valence-corrected chi connectivity index (χ3v) is 0.734. The summed E-state index contributed by atoms with van der Waals surface area (Å²) in [6.45, 7) is 0.862. The normalized spacial score (nSPS) is 36.4. The van der Waals surface area contributed by atoms with E-state index in [1.807, 2.05) is 0 Å². The van der Waals surface area contributed by atoms with Crippen LogP contribution in [-0.2, 0) is 4.74 Å². The minimum atomic E-state index is 0.0648. The molecule has 0 bridgehead atoms. The summed E-state index contributed by atoms with van der Waals surface area (Å²) in [6.07, 6.45) is 1.04. The van der Waals surface area contributed by atoms with Gasteiger partial charge in [0.2, 0.25) is 0 Å². The summed E-state index contributed by atoms with van der Waals surface area (Å²) in [7, 11) is 5.16. The van der Waals surface area contributed by atoms with E-state index in [9.17, 15) is 0 Å². The van der Waals surface area contributed by atoms with Crippen LogP contribution >= 0.6 is 0 Å². The molecule has 1 atom stereocenters. The molecule has 0 saturated carbocycles. The molecule has 1 rings (SSSR count). The lowest BCUT2D eigenvalue weighted by molar-refractivity contribution is 0.00392. The molecule has 1 unspecified atom stereocenters. The summed E-state index contributed by atoms with van der Waals surface area (Å²) < 4.78 is 4.71. The van der Waals surface area contributed by atoms with Gasteiger partial charge in [-0.3, -0.25) is 0 Å². The average molecular weight is 67.9 g/mol. The zero-order chi connectivity index (χ0) is 3.70. The van der Waals surface area contributed by atoms with Gasteiger partial charge in [0.25, 0.3) is 0 Å². The van der Waals surface area contributed by atoms with Gasteiger partial charge in [0, 0.05) is 12.6 Å². The molecule has 1 nitrogen and oxygen atoms in total. The van der Waals surface area contributed by atoms with E-state index >= 15 is 0 Å². The van der Waals surface area contributed by atoms with Gasteiger partial charge in [-0.25, -0.2) is 0 Å². The minimum absolute atomic E-state index is 0.0648. The Kier molecular flexibility index (Phi) is 0.654. The van der Waals surface area contributed by atoms with Gasteiger partial charge in [0.15, 0.2) is 0 Å². The van der Waals surface area contributed by atoms with Gasteiger partial charge in [-0.2, -0.15) is 0 Å². The Morgan fingerprint density at radius 2 is 2.20 bits per heavy atom. The Morgan fingerprint density at radius 1 is 1.80 bits per heavy atom. The van der Waals surface area contributed by atoms with Crippen molar-refractivity contribution in [1.29, 1.82) is 0 Å². The quantitative estimate of drug-likeness (QED) is 0.360. The maximum atomic E-state index is 5.16. The Morgan fingerprint density at radius 3 is 2.20 bits per heavy atom. The summed E-state index contributed by atoms with van der Waals surface area (Å²) in [5.41, 5.74) is 0. The average Bonchev–Trinajstić information content (AvgIpc) is 1.30. The first-order valence-electron chi connectivity index (χ1n) is 1.77. The highest BCUT2D eigenvalue weighted by Crippen LogP contribution is 2.04. The Balaban J connectivity index is 2.08. The largest absolute Gasteiger partial charge is 0.388 e. The zero-order valence-electron chi connectivity index (χ0n) is 2.98. The third kappa shape index (κ3) is 0.455. The molecular formula is C3H5BO. The van der Waals surface area contributed by atoms with Crippen molar-refractivity contribution in [3.8, 4) is 0 Å². The Hall–Kier alpha value is 0.0249. The van der Waals surface area contributed by atoms with Gasteiger partial charge in [0.05, 0.1) is 0 Å². The summed E-state index contributed by atoms with van der Waals surface area (Å²) >= 11 is 0. The number of rotatable bonds is 0. The highest BCUT2D eigenvalue weighted by atomic mass is 16.5. The Labute approximate surface area is 32.7 Å². The zero-order valence-corrected chi connectivity index (χ0v) is 2.98. The monoisotopic (exact) mass is 68.0 g/mol. The third-order valence-electron chi connectivity index (χ3n) is 0.734. The van der Waals surface area contributed by atoms with Crippen molar-refractivity contribution in [2.24, 2.45) is 0 Å². The first-order chi connectivity index (χ1) is 2.39. The van der Waals surface area contributed by atoms with Crippen LogP contribution in [0.5, 0.6) is 0 Å². The fourth-order valence-corrected chi connectivity index (χ4v) is 0.254. The lowest BCUT2D eigenvalue weighted by Crippen LogP contribution is -2.26. The Bertz CT molecular complexity index is 33.9. The van der Waals surface area contributed by atoms with Crippen molar-refractivity contribution in [3.63, 3.8) is 0 Å². The van der Waals surface area contributed by atoms with Crippen molar-refractivity contribution >= 4 is 7.85 Å². The topological polar surface area (TPSA) is 9.23 Å². The van der Waals surface area contributed by atoms with Crippen LogP contribution in [0.4, 0.5) is 0 Å². The van der Waals surface area contributed by atoms with Crippen LogP contribution in [0.25, 0.3) is 0 Å². The summed E-state index contributed by atoms with van der Waals surface area (Å²) in [4.78, 5) is 0. The first kappa shape index (κ1) is 3.22. The molecule has 0 N–H and O–H groups in total. The second-order valence-corrected chi connectivity index (χ2v) is 1.20. The van der Waals surface area contributed by atoms with Crippen LogP contribution in [0.2, 0.25) is 0 Å². The smallest absolute Gasteiger partial charge is 0.109 e. The molecule has 1 fully saturated rings. The molecule has 0 aromatic heterocycles. The van der Waals surface area contributed by atoms with Crippen molar-refractivity contribution in [3.05, 3.63) is 0 Å². The van der Waals surface area contributed by atoms with Gasteiger partial charge < -0.3 is 4.74 Å². The number of ether oxygens (including phenoxy) is 1. The van der Waals surface area contributed by atoms with Gasteiger partial charge in [-0.05, 0) is 6.42 Å². The van der Waals surface area contributed by atoms with Gasteiger partial charge >= 0.3 is 0 Å². The number of hydrogen-bond acceptors (Lipinski definition) is 1. The van der Waals surface area contributed by atoms with Crippen LogP contribution in [0.15, 0.2) is 0 Å². The maximum Gasteiger partial charge on any atom is 0.109 e. The second kappa shape index (κ2) is 1.01. The van der Waals surface area contributed by atoms with Crippen LogP contribution in [-0.4, -0.2) is 20.5 Å². The van der Waals surface area contributed by atoms with E-state index in [0.717, 1.165) is 13.0 Å². The minimum Gasteiger partial charge on any atom is -0.388 e. The molecule has 26 valence electrons. The summed E-state index contributed by atoms with van der Waals surface area (Å²) in [5.74, 6) is 0. The fraction of sp³-hybridized carbons (Fsp3) is 1.00. The molecule has 1 aliphatic heterocycles. The first-order valence-corrected chi connectivity index (χ1v) is 1.77.